The van der Waals surface area contributed by atoms with Crippen molar-refractivity contribution in [3.05, 3.63) is 166 Å². The minimum Gasteiger partial charge on any atom is -0.282 e. The van der Waals surface area contributed by atoms with E-state index in [0.717, 1.165) is 45.5 Å². The van der Waals surface area contributed by atoms with E-state index in [0.29, 0.717) is 40.7 Å². The highest BCUT2D eigenvalue weighted by molar-refractivity contribution is 7.90. The van der Waals surface area contributed by atoms with Crippen LogP contribution in [0.1, 0.15) is 77.9 Å². The Morgan fingerprint density at radius 1 is 0.566 bits per heavy atom. The van der Waals surface area contributed by atoms with E-state index in [-0.39, 0.29) is 10.5 Å². The average Bonchev–Trinajstić information content (AvgIpc) is 3.01. The lowest BCUT2D eigenvalue weighted by Gasteiger charge is -2.19. The molecule has 0 bridgehead atoms. The fourth-order valence-electron chi connectivity index (χ4n) is 7.40. The summed E-state index contributed by atoms with van der Waals surface area (Å²) in [6, 6.07) is 17.2. The highest BCUT2D eigenvalue weighted by Crippen LogP contribution is 2.40. The summed E-state index contributed by atoms with van der Waals surface area (Å²) in [5.41, 5.74) is 12.4. The molecule has 12 heteroatoms. The number of hydrogen-bond acceptors (Lipinski definition) is 6. The maximum Gasteiger partial charge on any atom is 0.331 e. The number of aryl methyl sites for hydroxylation is 7. The predicted octanol–water partition coefficient (Wildman–Crippen LogP) is 8.15. The van der Waals surface area contributed by atoms with E-state index >= 15 is 0 Å². The Morgan fingerprint density at radius 2 is 1.06 bits per heavy atom. The van der Waals surface area contributed by atoms with Crippen LogP contribution < -0.4 is 0 Å². The first-order valence-electron chi connectivity index (χ1n) is 16.8. The van der Waals surface area contributed by atoms with Crippen molar-refractivity contribution < 1.29 is 38.9 Å². The van der Waals surface area contributed by atoms with Crippen LogP contribution in [0.2, 0.25) is 0 Å². The van der Waals surface area contributed by atoms with Gasteiger partial charge in [0.15, 0.2) is 10.2 Å². The molecule has 0 aromatic heterocycles. The lowest BCUT2D eigenvalue weighted by atomic mass is 9.85. The fraction of sp³-hybridized carbons (Fsp3) is 0.244. The number of rotatable bonds is 9. The Hall–Kier alpha value is -4.30. The molecule has 0 saturated carbocycles. The Morgan fingerprint density at radius 3 is 1.51 bits per heavy atom. The van der Waals surface area contributed by atoms with Crippen LogP contribution in [0.5, 0.6) is 0 Å². The lowest BCUT2D eigenvalue weighted by Crippen LogP contribution is -2.18. The predicted molar refractivity (Wildman–Crippen MR) is 209 cm³/mol. The van der Waals surface area contributed by atoms with Gasteiger partial charge in [-0.15, -0.1) is 0 Å². The molecular weight excluding hydrogens is 733 g/mol. The standard InChI is InChI=1S/C41H42O9S3/c1-23-15-26(4)37(27(5)16-23)20-31-9-11-33(18-24(31)2)40(36-14-13-35(51(42,43)44)22-39(36)52(45,46)47)34-12-10-32(25(3)19-34)21-38-28(6)17-29(7)41(30(38)8)53(48,49)50/h9-19,22H,20-21H2,1-8H3,(H2-,42,43,44,45,46,47,48,49,50)/p+1. The minimum absolute atomic E-state index is 0.0208. The van der Waals surface area contributed by atoms with Crippen molar-refractivity contribution in [2.24, 2.45) is 0 Å². The van der Waals surface area contributed by atoms with Crippen LogP contribution in [0.15, 0.2) is 88.2 Å². The summed E-state index contributed by atoms with van der Waals surface area (Å²) in [4.78, 5) is -0.816. The molecule has 1 aliphatic carbocycles. The molecule has 0 fully saturated rings. The number of benzene rings is 4. The first-order valence-corrected chi connectivity index (χ1v) is 21.1. The smallest absolute Gasteiger partial charge is 0.282 e. The quantitative estimate of drug-likeness (QED) is 0.113. The fourth-order valence-corrected chi connectivity index (χ4v) is 9.69. The van der Waals surface area contributed by atoms with E-state index in [1.54, 1.807) is 26.0 Å². The number of hydrogen-bond donors (Lipinski definition) is 3. The lowest BCUT2D eigenvalue weighted by molar-refractivity contribution is 0.480. The average molecular weight is 776 g/mol. The van der Waals surface area contributed by atoms with Crippen LogP contribution in [0.25, 0.3) is 5.57 Å². The van der Waals surface area contributed by atoms with E-state index in [4.69, 9.17) is 0 Å². The monoisotopic (exact) mass is 775 g/mol. The minimum atomic E-state index is -5.00. The SMILES string of the molecule is Cc1cc(C)c(Cc2ccc(C(=C3C=CC(S(=O)(=O)O)=C[C+]3S(=O)(=O)O)c3ccc(Cc4c(C)cc(C)c(S(=O)(=O)O)c4C)c(C)c3)cc2C)c(C)c1. The molecule has 5 rings (SSSR count). The zero-order valence-electron chi connectivity index (χ0n) is 30.9. The normalized spacial score (nSPS) is 14.8. The van der Waals surface area contributed by atoms with Gasteiger partial charge in [-0.1, -0.05) is 35.9 Å². The Labute approximate surface area is 313 Å². The summed E-state index contributed by atoms with van der Waals surface area (Å²) in [7, 11) is -14.3. The molecule has 0 radical (unpaired) electrons. The van der Waals surface area contributed by atoms with Crippen molar-refractivity contribution in [1.82, 2.24) is 0 Å². The van der Waals surface area contributed by atoms with Gasteiger partial charge in [-0.05, 0) is 154 Å². The molecular formula is C41H43O9S3+. The number of allylic oxidation sites excluding steroid dienone is 2. The van der Waals surface area contributed by atoms with Crippen LogP contribution >= 0.6 is 0 Å². The highest BCUT2D eigenvalue weighted by atomic mass is 32.2. The van der Waals surface area contributed by atoms with Crippen molar-refractivity contribution in [3.8, 4) is 0 Å². The van der Waals surface area contributed by atoms with Gasteiger partial charge < -0.3 is 0 Å². The molecule has 0 saturated heterocycles. The van der Waals surface area contributed by atoms with Gasteiger partial charge in [-0.2, -0.15) is 25.3 Å². The topological polar surface area (TPSA) is 163 Å². The van der Waals surface area contributed by atoms with Gasteiger partial charge in [-0.25, -0.2) is 0 Å². The van der Waals surface area contributed by atoms with Gasteiger partial charge >= 0.3 is 20.2 Å². The van der Waals surface area contributed by atoms with Gasteiger partial charge in [0.1, 0.15) is 5.57 Å². The summed E-state index contributed by atoms with van der Waals surface area (Å²) in [6.07, 6.45) is 4.08. The second-order valence-electron chi connectivity index (χ2n) is 13.9. The molecule has 0 atom stereocenters. The summed E-state index contributed by atoms with van der Waals surface area (Å²) in [5, 5.41) is -0.694. The first-order chi connectivity index (χ1) is 24.5. The van der Waals surface area contributed by atoms with E-state index in [1.165, 1.54) is 28.3 Å². The molecule has 4 aromatic rings. The Balaban J connectivity index is 1.69. The summed E-state index contributed by atoms with van der Waals surface area (Å²) < 4.78 is 104. The van der Waals surface area contributed by atoms with E-state index in [9.17, 15) is 38.9 Å². The second kappa shape index (κ2) is 14.5. The van der Waals surface area contributed by atoms with Crippen molar-refractivity contribution in [1.29, 1.82) is 0 Å². The molecule has 278 valence electrons. The highest BCUT2D eigenvalue weighted by Gasteiger charge is 2.40. The Kier molecular flexibility index (Phi) is 10.9. The van der Waals surface area contributed by atoms with Gasteiger partial charge in [0.25, 0.3) is 10.1 Å². The molecule has 0 spiro atoms. The van der Waals surface area contributed by atoms with Crippen LogP contribution in [0.3, 0.4) is 0 Å². The molecule has 4 aromatic carbocycles. The third-order valence-electron chi connectivity index (χ3n) is 9.95. The Bertz CT molecular complexity index is 2590. The van der Waals surface area contributed by atoms with Crippen molar-refractivity contribution >= 4 is 35.9 Å². The summed E-state index contributed by atoms with van der Waals surface area (Å²) in [6.45, 7) is 15.2. The maximum absolute atomic E-state index is 12.8. The van der Waals surface area contributed by atoms with E-state index < -0.39 is 40.5 Å². The molecule has 0 aliphatic heterocycles. The summed E-state index contributed by atoms with van der Waals surface area (Å²) >= 11 is 0. The van der Waals surface area contributed by atoms with E-state index in [2.05, 4.69) is 32.9 Å². The van der Waals surface area contributed by atoms with Crippen molar-refractivity contribution in [2.45, 2.75) is 73.1 Å². The molecule has 0 heterocycles. The zero-order chi connectivity index (χ0) is 39.4. The molecule has 53 heavy (non-hydrogen) atoms. The molecule has 3 N–H and O–H groups in total. The molecule has 1 aliphatic rings. The molecule has 0 unspecified atom stereocenters. The summed E-state index contributed by atoms with van der Waals surface area (Å²) in [5.74, 6) is 0. The van der Waals surface area contributed by atoms with Crippen LogP contribution in [0.4, 0.5) is 0 Å². The van der Waals surface area contributed by atoms with Gasteiger partial charge in [0.05, 0.1) is 16.5 Å². The molecule has 9 nitrogen and oxygen atoms in total. The van der Waals surface area contributed by atoms with Gasteiger partial charge in [0, 0.05) is 23.3 Å². The van der Waals surface area contributed by atoms with Crippen LogP contribution in [-0.2, 0) is 43.2 Å². The third-order valence-corrected chi connectivity index (χ3v) is 12.8. The van der Waals surface area contributed by atoms with Gasteiger partial charge in [0.2, 0.25) is 0 Å². The van der Waals surface area contributed by atoms with Crippen molar-refractivity contribution in [3.63, 3.8) is 0 Å². The maximum atomic E-state index is 12.8. The molecule has 0 amide bonds. The first kappa shape index (κ1) is 39.9. The third kappa shape index (κ3) is 8.43. The van der Waals surface area contributed by atoms with Gasteiger partial charge in [-0.3, -0.25) is 13.7 Å². The zero-order valence-corrected chi connectivity index (χ0v) is 33.3. The largest absolute Gasteiger partial charge is 0.331 e. The second-order valence-corrected chi connectivity index (χ2v) is 18.1. The van der Waals surface area contributed by atoms with Crippen molar-refractivity contribution in [2.75, 3.05) is 0 Å². The van der Waals surface area contributed by atoms with Crippen LogP contribution in [0, 0.1) is 60.6 Å². The van der Waals surface area contributed by atoms with Crippen LogP contribution in [-0.4, -0.2) is 38.9 Å². The van der Waals surface area contributed by atoms with E-state index in [1.807, 2.05) is 51.1 Å².